The second-order valence-corrected chi connectivity index (χ2v) is 8.48. The van der Waals surface area contributed by atoms with Crippen molar-refractivity contribution in [3.8, 4) is 5.75 Å². The molecule has 4 aromatic rings. The summed E-state index contributed by atoms with van der Waals surface area (Å²) < 4.78 is 8.68. The zero-order valence-electron chi connectivity index (χ0n) is 17.8. The van der Waals surface area contributed by atoms with Gasteiger partial charge < -0.3 is 10.1 Å². The van der Waals surface area contributed by atoms with Crippen molar-refractivity contribution in [3.05, 3.63) is 70.1 Å². The summed E-state index contributed by atoms with van der Waals surface area (Å²) in [7, 11) is 0. The Labute approximate surface area is 184 Å². The molecule has 1 amide bonds. The van der Waals surface area contributed by atoms with Crippen LogP contribution in [-0.4, -0.2) is 28.8 Å². The summed E-state index contributed by atoms with van der Waals surface area (Å²) >= 11 is 1.56. The number of nitrogens with one attached hydrogen (secondary N) is 1. The standard InChI is InChI=1S/C24H25N3O3S/c1-4-30-18-11-9-17(10-12-18)13-14-25-23(28)16(3)27-24(29)21-19-7-5-6-8-20(19)31-22(21)15(2)26-27/h5-12,16H,4,13-14H2,1-3H3,(H,25,28)/t16-/m1/s1. The highest BCUT2D eigenvalue weighted by atomic mass is 32.1. The van der Waals surface area contributed by atoms with Crippen LogP contribution in [0.1, 0.15) is 31.1 Å². The number of rotatable bonds is 7. The van der Waals surface area contributed by atoms with Gasteiger partial charge >= 0.3 is 0 Å². The van der Waals surface area contributed by atoms with Crippen LogP contribution in [0.25, 0.3) is 20.2 Å². The molecule has 2 aromatic carbocycles. The van der Waals surface area contributed by atoms with Crippen molar-refractivity contribution in [2.24, 2.45) is 0 Å². The third-order valence-electron chi connectivity index (χ3n) is 5.30. The van der Waals surface area contributed by atoms with Crippen LogP contribution in [0.15, 0.2) is 53.3 Å². The summed E-state index contributed by atoms with van der Waals surface area (Å²) in [5.41, 5.74) is 1.63. The van der Waals surface area contributed by atoms with E-state index in [4.69, 9.17) is 4.74 Å². The number of benzene rings is 2. The van der Waals surface area contributed by atoms with Gasteiger partial charge in [0.2, 0.25) is 5.91 Å². The van der Waals surface area contributed by atoms with E-state index in [1.54, 1.807) is 18.3 Å². The number of fused-ring (bicyclic) bond motifs is 3. The molecular formula is C24H25N3O3S. The number of ether oxygens (including phenoxy) is 1. The van der Waals surface area contributed by atoms with Crippen LogP contribution in [0, 0.1) is 6.92 Å². The molecule has 0 aliphatic carbocycles. The summed E-state index contributed by atoms with van der Waals surface area (Å²) in [6.45, 7) is 6.65. The third kappa shape index (κ3) is 4.18. The van der Waals surface area contributed by atoms with Gasteiger partial charge in [-0.3, -0.25) is 9.59 Å². The van der Waals surface area contributed by atoms with E-state index in [0.717, 1.165) is 31.8 Å². The van der Waals surface area contributed by atoms with Gasteiger partial charge in [-0.05, 0) is 51.0 Å². The molecule has 7 heteroatoms. The largest absolute Gasteiger partial charge is 0.494 e. The first-order chi connectivity index (χ1) is 15.0. The number of nitrogens with zero attached hydrogens (tertiary/aromatic N) is 2. The van der Waals surface area contributed by atoms with Gasteiger partial charge in [0.05, 0.1) is 22.4 Å². The molecule has 1 N–H and O–H groups in total. The number of amides is 1. The molecule has 0 bridgehead atoms. The average Bonchev–Trinajstić information content (AvgIpc) is 3.18. The lowest BCUT2D eigenvalue weighted by Gasteiger charge is -2.15. The van der Waals surface area contributed by atoms with Crippen molar-refractivity contribution in [2.45, 2.75) is 33.2 Å². The highest BCUT2D eigenvalue weighted by Crippen LogP contribution is 2.32. The van der Waals surface area contributed by atoms with Crippen molar-refractivity contribution < 1.29 is 9.53 Å². The topological polar surface area (TPSA) is 73.2 Å². The molecule has 2 heterocycles. The Kier molecular flexibility index (Phi) is 6.04. The van der Waals surface area contributed by atoms with E-state index < -0.39 is 6.04 Å². The number of aromatic nitrogens is 2. The van der Waals surface area contributed by atoms with Crippen LogP contribution < -0.4 is 15.6 Å². The van der Waals surface area contributed by atoms with E-state index in [0.29, 0.717) is 25.0 Å². The molecule has 2 aromatic heterocycles. The fourth-order valence-corrected chi connectivity index (χ4v) is 4.78. The van der Waals surface area contributed by atoms with Crippen LogP contribution in [-0.2, 0) is 11.2 Å². The summed E-state index contributed by atoms with van der Waals surface area (Å²) in [6, 6.07) is 15.0. The highest BCUT2D eigenvalue weighted by molar-refractivity contribution is 7.26. The van der Waals surface area contributed by atoms with Crippen LogP contribution in [0.3, 0.4) is 0 Å². The van der Waals surface area contributed by atoms with Crippen LogP contribution >= 0.6 is 11.3 Å². The predicted octanol–water partition coefficient (Wildman–Crippen LogP) is 4.24. The summed E-state index contributed by atoms with van der Waals surface area (Å²) in [6.07, 6.45) is 0.695. The molecule has 0 saturated carbocycles. The summed E-state index contributed by atoms with van der Waals surface area (Å²) in [4.78, 5) is 25.9. The summed E-state index contributed by atoms with van der Waals surface area (Å²) in [5.74, 6) is 0.611. The lowest BCUT2D eigenvalue weighted by atomic mass is 10.1. The molecule has 0 fully saturated rings. The van der Waals surface area contributed by atoms with Gasteiger partial charge in [0.25, 0.3) is 5.56 Å². The minimum Gasteiger partial charge on any atom is -0.494 e. The lowest BCUT2D eigenvalue weighted by Crippen LogP contribution is -2.38. The van der Waals surface area contributed by atoms with E-state index in [1.165, 1.54) is 4.68 Å². The van der Waals surface area contributed by atoms with E-state index in [9.17, 15) is 9.59 Å². The Morgan fingerprint density at radius 2 is 1.94 bits per heavy atom. The Morgan fingerprint density at radius 3 is 2.68 bits per heavy atom. The lowest BCUT2D eigenvalue weighted by molar-refractivity contribution is -0.124. The molecule has 31 heavy (non-hydrogen) atoms. The molecule has 0 aliphatic heterocycles. The van der Waals surface area contributed by atoms with Gasteiger partial charge in [0.15, 0.2) is 0 Å². The number of aryl methyl sites for hydroxylation is 1. The normalized spacial score (nSPS) is 12.2. The van der Waals surface area contributed by atoms with E-state index in [1.807, 2.05) is 62.4 Å². The molecule has 4 rings (SSSR count). The Hall–Kier alpha value is -3.19. The van der Waals surface area contributed by atoms with Crippen LogP contribution in [0.5, 0.6) is 5.75 Å². The first-order valence-electron chi connectivity index (χ1n) is 10.4. The Balaban J connectivity index is 1.50. The molecule has 0 unspecified atom stereocenters. The van der Waals surface area contributed by atoms with Gasteiger partial charge in [-0.1, -0.05) is 30.3 Å². The SMILES string of the molecule is CCOc1ccc(CCNC(=O)[C@@H](C)n2nc(C)c3sc4ccccc4c3c2=O)cc1. The minimum atomic E-state index is -0.699. The van der Waals surface area contributed by atoms with E-state index in [2.05, 4.69) is 10.4 Å². The van der Waals surface area contributed by atoms with Gasteiger partial charge in [-0.15, -0.1) is 11.3 Å². The van der Waals surface area contributed by atoms with Gasteiger partial charge in [-0.2, -0.15) is 5.10 Å². The second-order valence-electron chi connectivity index (χ2n) is 7.43. The number of hydrogen-bond acceptors (Lipinski definition) is 5. The molecule has 160 valence electrons. The molecule has 1 atom stereocenters. The quantitative estimate of drug-likeness (QED) is 0.471. The van der Waals surface area contributed by atoms with Gasteiger partial charge in [0.1, 0.15) is 11.8 Å². The maximum absolute atomic E-state index is 13.2. The number of hydrogen-bond donors (Lipinski definition) is 1. The fraction of sp³-hybridized carbons (Fsp3) is 0.292. The molecule has 0 radical (unpaired) electrons. The van der Waals surface area contributed by atoms with E-state index >= 15 is 0 Å². The van der Waals surface area contributed by atoms with Crippen molar-refractivity contribution in [1.82, 2.24) is 15.1 Å². The van der Waals surface area contributed by atoms with Crippen molar-refractivity contribution in [2.75, 3.05) is 13.2 Å². The summed E-state index contributed by atoms with van der Waals surface area (Å²) in [5, 5.41) is 8.93. The van der Waals surface area contributed by atoms with Crippen molar-refractivity contribution >= 4 is 37.4 Å². The maximum Gasteiger partial charge on any atom is 0.276 e. The van der Waals surface area contributed by atoms with Crippen molar-refractivity contribution in [3.63, 3.8) is 0 Å². The molecular weight excluding hydrogens is 410 g/mol. The number of carbonyl (C=O) groups excluding carboxylic acids is 1. The molecule has 0 spiro atoms. The third-order valence-corrected chi connectivity index (χ3v) is 6.58. The minimum absolute atomic E-state index is 0.223. The molecule has 0 saturated heterocycles. The van der Waals surface area contributed by atoms with E-state index in [-0.39, 0.29) is 11.5 Å². The molecule has 0 aliphatic rings. The highest BCUT2D eigenvalue weighted by Gasteiger charge is 2.21. The molecule has 6 nitrogen and oxygen atoms in total. The van der Waals surface area contributed by atoms with Crippen LogP contribution in [0.2, 0.25) is 0 Å². The van der Waals surface area contributed by atoms with Gasteiger partial charge in [-0.25, -0.2) is 4.68 Å². The van der Waals surface area contributed by atoms with Crippen molar-refractivity contribution in [1.29, 1.82) is 0 Å². The first kappa shape index (κ1) is 21.1. The average molecular weight is 436 g/mol. The smallest absolute Gasteiger partial charge is 0.276 e. The first-order valence-corrected chi connectivity index (χ1v) is 11.2. The number of carbonyl (C=O) groups is 1. The zero-order valence-corrected chi connectivity index (χ0v) is 18.7. The van der Waals surface area contributed by atoms with Crippen LogP contribution in [0.4, 0.5) is 0 Å². The number of thiophene rings is 1. The second kappa shape index (κ2) is 8.89. The fourth-order valence-electron chi connectivity index (χ4n) is 3.65. The Morgan fingerprint density at radius 1 is 1.19 bits per heavy atom. The maximum atomic E-state index is 13.2. The monoisotopic (exact) mass is 435 g/mol. The van der Waals surface area contributed by atoms with Gasteiger partial charge in [0, 0.05) is 16.6 Å². The Bertz CT molecular complexity index is 1290. The zero-order chi connectivity index (χ0) is 22.0. The predicted molar refractivity (Wildman–Crippen MR) is 125 cm³/mol.